The molecule has 2 aromatic rings. The molecule has 140 valence electrons. The van der Waals surface area contributed by atoms with E-state index in [1.807, 2.05) is 17.5 Å². The third-order valence-corrected chi connectivity index (χ3v) is 5.84. The lowest BCUT2D eigenvalue weighted by Gasteiger charge is -2.31. The van der Waals surface area contributed by atoms with Crippen molar-refractivity contribution in [1.82, 2.24) is 20.4 Å². The molecule has 2 aliphatic heterocycles. The van der Waals surface area contributed by atoms with Crippen LogP contribution in [-0.4, -0.2) is 53.3 Å². The van der Waals surface area contributed by atoms with Gasteiger partial charge in [-0.3, -0.25) is 9.69 Å². The van der Waals surface area contributed by atoms with Gasteiger partial charge in [-0.1, -0.05) is 11.2 Å². The van der Waals surface area contributed by atoms with E-state index in [2.05, 4.69) is 20.4 Å². The van der Waals surface area contributed by atoms with E-state index < -0.39 is 0 Å². The van der Waals surface area contributed by atoms with E-state index in [1.165, 1.54) is 0 Å². The maximum Gasteiger partial charge on any atom is 0.241 e. The molecule has 0 saturated carbocycles. The van der Waals surface area contributed by atoms with E-state index >= 15 is 0 Å². The molecule has 4 heterocycles. The van der Waals surface area contributed by atoms with Gasteiger partial charge in [-0.05, 0) is 43.7 Å². The number of piperidine rings is 1. The summed E-state index contributed by atoms with van der Waals surface area (Å²) in [5.41, 5.74) is 0. The molecule has 2 aliphatic rings. The van der Waals surface area contributed by atoms with Gasteiger partial charge in [0.2, 0.25) is 17.6 Å². The standard InChI is InChI=1S/C18H24N4O3S/c23-18(19-10-14-5-2-8-24-14)13-4-1-7-22(11-13)12-16-20-17(21-25-16)15-6-3-9-26-15/h3,6,9,13-14H,1-2,4-5,7-8,10-12H2,(H,19,23)/t13-,14-/m0/s1. The van der Waals surface area contributed by atoms with Crippen molar-refractivity contribution in [1.29, 1.82) is 0 Å². The SMILES string of the molecule is O=C(NC[C@@H]1CCCO1)[C@H]1CCCN(Cc2nc(-c3cccs3)no2)C1. The largest absolute Gasteiger partial charge is 0.376 e. The van der Waals surface area contributed by atoms with Crippen molar-refractivity contribution in [2.24, 2.45) is 5.92 Å². The molecule has 8 heteroatoms. The van der Waals surface area contributed by atoms with Crippen molar-refractivity contribution >= 4 is 17.2 Å². The van der Waals surface area contributed by atoms with Gasteiger partial charge in [0.25, 0.3) is 0 Å². The van der Waals surface area contributed by atoms with Gasteiger partial charge < -0.3 is 14.6 Å². The van der Waals surface area contributed by atoms with Gasteiger partial charge in [0, 0.05) is 19.7 Å². The zero-order chi connectivity index (χ0) is 17.8. The minimum Gasteiger partial charge on any atom is -0.376 e. The van der Waals surface area contributed by atoms with Crippen LogP contribution >= 0.6 is 11.3 Å². The second-order valence-electron chi connectivity index (χ2n) is 6.94. The lowest BCUT2D eigenvalue weighted by molar-refractivity contribution is -0.127. The van der Waals surface area contributed by atoms with Crippen LogP contribution < -0.4 is 5.32 Å². The topological polar surface area (TPSA) is 80.5 Å². The number of aromatic nitrogens is 2. The Labute approximate surface area is 156 Å². The first-order chi connectivity index (χ1) is 12.8. The smallest absolute Gasteiger partial charge is 0.241 e. The summed E-state index contributed by atoms with van der Waals surface area (Å²) in [6.07, 6.45) is 4.26. The Kier molecular flexibility index (Phi) is 5.62. The molecule has 0 radical (unpaired) electrons. The van der Waals surface area contributed by atoms with E-state index in [-0.39, 0.29) is 17.9 Å². The van der Waals surface area contributed by atoms with E-state index in [0.717, 1.165) is 50.3 Å². The van der Waals surface area contributed by atoms with Crippen molar-refractivity contribution in [3.05, 3.63) is 23.4 Å². The molecule has 2 aromatic heterocycles. The number of amides is 1. The summed E-state index contributed by atoms with van der Waals surface area (Å²) >= 11 is 1.59. The first-order valence-electron chi connectivity index (χ1n) is 9.26. The first-order valence-corrected chi connectivity index (χ1v) is 10.1. The number of carbonyl (C=O) groups excluding carboxylic acids is 1. The molecular formula is C18H24N4O3S. The number of ether oxygens (including phenoxy) is 1. The molecule has 1 N–H and O–H groups in total. The molecule has 1 amide bonds. The molecule has 0 aromatic carbocycles. The number of thiophene rings is 1. The lowest BCUT2D eigenvalue weighted by Crippen LogP contribution is -2.44. The summed E-state index contributed by atoms with van der Waals surface area (Å²) in [6, 6.07) is 3.95. The van der Waals surface area contributed by atoms with Gasteiger partial charge in [0.1, 0.15) is 0 Å². The number of nitrogens with zero attached hydrogens (tertiary/aromatic N) is 3. The minimum atomic E-state index is 0.0184. The Morgan fingerprint density at radius 3 is 3.15 bits per heavy atom. The number of hydrogen-bond donors (Lipinski definition) is 1. The fraction of sp³-hybridized carbons (Fsp3) is 0.611. The fourth-order valence-corrected chi connectivity index (χ4v) is 4.24. The van der Waals surface area contributed by atoms with Crippen LogP contribution in [0.25, 0.3) is 10.7 Å². The summed E-state index contributed by atoms with van der Waals surface area (Å²) in [5, 5.41) is 9.11. The van der Waals surface area contributed by atoms with Crippen LogP contribution in [0, 0.1) is 5.92 Å². The predicted molar refractivity (Wildman–Crippen MR) is 97.6 cm³/mol. The molecule has 0 aliphatic carbocycles. The molecule has 2 atom stereocenters. The summed E-state index contributed by atoms with van der Waals surface area (Å²) in [6.45, 7) is 3.72. The molecule has 0 bridgehead atoms. The predicted octanol–water partition coefficient (Wildman–Crippen LogP) is 2.31. The fourth-order valence-electron chi connectivity index (χ4n) is 3.59. The summed E-state index contributed by atoms with van der Waals surface area (Å²) in [7, 11) is 0. The zero-order valence-electron chi connectivity index (χ0n) is 14.7. The second-order valence-corrected chi connectivity index (χ2v) is 7.89. The van der Waals surface area contributed by atoms with Crippen LogP contribution in [0.15, 0.2) is 22.0 Å². The quantitative estimate of drug-likeness (QED) is 0.833. The summed E-state index contributed by atoms with van der Waals surface area (Å²) in [4.78, 5) is 20.2. The number of hydrogen-bond acceptors (Lipinski definition) is 7. The van der Waals surface area contributed by atoms with Crippen molar-refractivity contribution in [2.45, 2.75) is 38.3 Å². The van der Waals surface area contributed by atoms with Crippen LogP contribution in [-0.2, 0) is 16.1 Å². The minimum absolute atomic E-state index is 0.0184. The first kappa shape index (κ1) is 17.6. The van der Waals surface area contributed by atoms with Crippen LogP contribution in [0.3, 0.4) is 0 Å². The zero-order valence-corrected chi connectivity index (χ0v) is 15.5. The van der Waals surface area contributed by atoms with E-state index in [9.17, 15) is 4.79 Å². The molecular weight excluding hydrogens is 352 g/mol. The third-order valence-electron chi connectivity index (χ3n) is 4.97. The van der Waals surface area contributed by atoms with Gasteiger partial charge in [0.15, 0.2) is 0 Å². The highest BCUT2D eigenvalue weighted by Crippen LogP contribution is 2.23. The van der Waals surface area contributed by atoms with Crippen molar-refractivity contribution in [3.63, 3.8) is 0 Å². The Hall–Kier alpha value is -1.77. The van der Waals surface area contributed by atoms with Gasteiger partial charge in [-0.25, -0.2) is 0 Å². The monoisotopic (exact) mass is 376 g/mol. The van der Waals surface area contributed by atoms with Gasteiger partial charge >= 0.3 is 0 Å². The van der Waals surface area contributed by atoms with Crippen molar-refractivity contribution < 1.29 is 14.1 Å². The van der Waals surface area contributed by atoms with Crippen molar-refractivity contribution in [2.75, 3.05) is 26.2 Å². The summed E-state index contributed by atoms with van der Waals surface area (Å²) in [5.74, 6) is 1.39. The lowest BCUT2D eigenvalue weighted by atomic mass is 9.97. The van der Waals surface area contributed by atoms with Crippen LogP contribution in [0.5, 0.6) is 0 Å². The van der Waals surface area contributed by atoms with E-state index in [0.29, 0.717) is 24.8 Å². The van der Waals surface area contributed by atoms with Crippen LogP contribution in [0.4, 0.5) is 0 Å². The highest BCUT2D eigenvalue weighted by Gasteiger charge is 2.27. The van der Waals surface area contributed by atoms with Crippen molar-refractivity contribution in [3.8, 4) is 10.7 Å². The average Bonchev–Trinajstić information content (AvgIpc) is 3.41. The normalized spacial score (nSPS) is 24.0. The van der Waals surface area contributed by atoms with Gasteiger partial charge in [-0.2, -0.15) is 4.98 Å². The molecule has 4 rings (SSSR count). The number of likely N-dealkylation sites (tertiary alicyclic amines) is 1. The third kappa shape index (κ3) is 4.31. The van der Waals surface area contributed by atoms with Gasteiger partial charge in [0.05, 0.1) is 23.4 Å². The maximum absolute atomic E-state index is 12.5. The Morgan fingerprint density at radius 1 is 1.38 bits per heavy atom. The molecule has 7 nitrogen and oxygen atoms in total. The second kappa shape index (κ2) is 8.28. The molecule has 0 spiro atoms. The molecule has 2 saturated heterocycles. The highest BCUT2D eigenvalue weighted by molar-refractivity contribution is 7.13. The Morgan fingerprint density at radius 2 is 2.35 bits per heavy atom. The number of rotatable bonds is 6. The van der Waals surface area contributed by atoms with E-state index in [4.69, 9.17) is 9.26 Å². The molecule has 2 fully saturated rings. The molecule has 0 unspecified atom stereocenters. The van der Waals surface area contributed by atoms with E-state index in [1.54, 1.807) is 11.3 Å². The Bertz CT molecular complexity index is 712. The number of nitrogens with one attached hydrogen (secondary N) is 1. The van der Waals surface area contributed by atoms with Crippen LogP contribution in [0.1, 0.15) is 31.6 Å². The van der Waals surface area contributed by atoms with Gasteiger partial charge in [-0.15, -0.1) is 11.3 Å². The van der Waals surface area contributed by atoms with Crippen LogP contribution in [0.2, 0.25) is 0 Å². The molecule has 26 heavy (non-hydrogen) atoms. The number of carbonyl (C=O) groups is 1. The average molecular weight is 376 g/mol. The maximum atomic E-state index is 12.5. The summed E-state index contributed by atoms with van der Waals surface area (Å²) < 4.78 is 11.0. The Balaban J connectivity index is 1.28. The highest BCUT2D eigenvalue weighted by atomic mass is 32.1.